The van der Waals surface area contributed by atoms with Gasteiger partial charge in [-0.25, -0.2) is 4.98 Å². The predicted molar refractivity (Wildman–Crippen MR) is 86.3 cm³/mol. The zero-order valence-corrected chi connectivity index (χ0v) is 13.3. The topological polar surface area (TPSA) is 28.2 Å². The standard InChI is InChI=1S/C17H29N3/c1-4-7-16-11-15(13-18-9-5-2)12-17(19-16)20-10-6-8-14(20)3/h11-12,14,18H,4-10,13H2,1-3H3. The second-order valence-electron chi connectivity index (χ2n) is 5.94. The van der Waals surface area contributed by atoms with Crippen LogP contribution < -0.4 is 10.2 Å². The van der Waals surface area contributed by atoms with Gasteiger partial charge in [-0.1, -0.05) is 20.3 Å². The molecule has 3 nitrogen and oxygen atoms in total. The number of nitrogens with zero attached hydrogens (tertiary/aromatic N) is 2. The van der Waals surface area contributed by atoms with E-state index < -0.39 is 0 Å². The molecule has 0 saturated carbocycles. The summed E-state index contributed by atoms with van der Waals surface area (Å²) in [6.07, 6.45) is 6.01. The van der Waals surface area contributed by atoms with Gasteiger partial charge in [0, 0.05) is 24.8 Å². The summed E-state index contributed by atoms with van der Waals surface area (Å²) in [6.45, 7) is 9.95. The molecular weight excluding hydrogens is 246 g/mol. The number of hydrogen-bond acceptors (Lipinski definition) is 3. The molecule has 1 aliphatic heterocycles. The van der Waals surface area contributed by atoms with Crippen LogP contribution in [-0.2, 0) is 13.0 Å². The van der Waals surface area contributed by atoms with Gasteiger partial charge in [0.05, 0.1) is 0 Å². The third-order valence-electron chi connectivity index (χ3n) is 4.03. The average Bonchev–Trinajstić information content (AvgIpc) is 2.85. The van der Waals surface area contributed by atoms with Gasteiger partial charge in [0.15, 0.2) is 0 Å². The fourth-order valence-electron chi connectivity index (χ4n) is 2.95. The van der Waals surface area contributed by atoms with Crippen molar-refractivity contribution < 1.29 is 0 Å². The number of aryl methyl sites for hydroxylation is 1. The van der Waals surface area contributed by atoms with Crippen molar-refractivity contribution in [1.82, 2.24) is 10.3 Å². The predicted octanol–water partition coefficient (Wildman–Crippen LogP) is 3.52. The Morgan fingerprint density at radius 3 is 2.80 bits per heavy atom. The first-order valence-corrected chi connectivity index (χ1v) is 8.21. The SMILES string of the molecule is CCCNCc1cc(CCC)nc(N2CCCC2C)c1. The maximum Gasteiger partial charge on any atom is 0.129 e. The Labute approximate surface area is 123 Å². The number of pyridine rings is 1. The van der Waals surface area contributed by atoms with Crippen LogP contribution in [0.4, 0.5) is 5.82 Å². The molecule has 1 saturated heterocycles. The highest BCUT2D eigenvalue weighted by Crippen LogP contribution is 2.25. The third kappa shape index (κ3) is 3.95. The molecule has 0 amide bonds. The van der Waals surface area contributed by atoms with Crippen LogP contribution in [0.3, 0.4) is 0 Å². The van der Waals surface area contributed by atoms with Crippen LogP contribution >= 0.6 is 0 Å². The molecule has 2 heterocycles. The van der Waals surface area contributed by atoms with Gasteiger partial charge in [0.1, 0.15) is 5.82 Å². The summed E-state index contributed by atoms with van der Waals surface area (Å²) in [7, 11) is 0. The fraction of sp³-hybridized carbons (Fsp3) is 0.706. The van der Waals surface area contributed by atoms with Gasteiger partial charge in [-0.3, -0.25) is 0 Å². The first-order valence-electron chi connectivity index (χ1n) is 8.21. The van der Waals surface area contributed by atoms with Crippen LogP contribution in [-0.4, -0.2) is 24.1 Å². The van der Waals surface area contributed by atoms with Crippen molar-refractivity contribution in [1.29, 1.82) is 0 Å². The van der Waals surface area contributed by atoms with E-state index in [1.165, 1.54) is 36.3 Å². The second kappa shape index (κ2) is 7.63. The molecule has 2 rings (SSSR count). The first-order chi connectivity index (χ1) is 9.74. The van der Waals surface area contributed by atoms with Gasteiger partial charge in [0.25, 0.3) is 0 Å². The van der Waals surface area contributed by atoms with E-state index >= 15 is 0 Å². The van der Waals surface area contributed by atoms with Crippen LogP contribution in [0.15, 0.2) is 12.1 Å². The molecule has 1 N–H and O–H groups in total. The smallest absolute Gasteiger partial charge is 0.129 e. The molecule has 1 aromatic rings. The highest BCUT2D eigenvalue weighted by Gasteiger charge is 2.22. The highest BCUT2D eigenvalue weighted by atomic mass is 15.2. The van der Waals surface area contributed by atoms with Gasteiger partial charge in [-0.15, -0.1) is 0 Å². The van der Waals surface area contributed by atoms with Crippen molar-refractivity contribution in [3.63, 3.8) is 0 Å². The zero-order chi connectivity index (χ0) is 14.4. The van der Waals surface area contributed by atoms with Crippen molar-refractivity contribution in [2.75, 3.05) is 18.0 Å². The molecule has 0 aliphatic carbocycles. The summed E-state index contributed by atoms with van der Waals surface area (Å²) in [5.74, 6) is 1.19. The average molecular weight is 275 g/mol. The molecule has 1 aromatic heterocycles. The Morgan fingerprint density at radius 2 is 2.15 bits per heavy atom. The van der Waals surface area contributed by atoms with Crippen molar-refractivity contribution in [2.45, 2.75) is 65.5 Å². The minimum absolute atomic E-state index is 0.635. The van der Waals surface area contributed by atoms with Crippen LogP contribution in [0, 0.1) is 0 Å². The number of rotatable bonds is 7. The lowest BCUT2D eigenvalue weighted by molar-refractivity contribution is 0.671. The minimum atomic E-state index is 0.635. The number of aromatic nitrogens is 1. The Morgan fingerprint density at radius 1 is 1.30 bits per heavy atom. The highest BCUT2D eigenvalue weighted by molar-refractivity contribution is 5.44. The Kier molecular flexibility index (Phi) is 5.84. The molecule has 0 aromatic carbocycles. The first kappa shape index (κ1) is 15.3. The molecule has 20 heavy (non-hydrogen) atoms. The normalized spacial score (nSPS) is 18.8. The third-order valence-corrected chi connectivity index (χ3v) is 4.03. The lowest BCUT2D eigenvalue weighted by Crippen LogP contribution is -2.27. The minimum Gasteiger partial charge on any atom is -0.354 e. The summed E-state index contributed by atoms with van der Waals surface area (Å²) in [5, 5.41) is 3.50. The van der Waals surface area contributed by atoms with Crippen LogP contribution in [0.2, 0.25) is 0 Å². The van der Waals surface area contributed by atoms with Crippen molar-refractivity contribution in [3.05, 3.63) is 23.4 Å². The summed E-state index contributed by atoms with van der Waals surface area (Å²) in [4.78, 5) is 7.36. The molecule has 112 valence electrons. The van der Waals surface area contributed by atoms with Crippen LogP contribution in [0.5, 0.6) is 0 Å². The number of nitrogens with one attached hydrogen (secondary N) is 1. The van der Waals surface area contributed by atoms with E-state index in [1.54, 1.807) is 0 Å². The Hall–Kier alpha value is -1.09. The summed E-state index contributed by atoms with van der Waals surface area (Å²) in [5.41, 5.74) is 2.63. The maximum absolute atomic E-state index is 4.88. The second-order valence-corrected chi connectivity index (χ2v) is 5.94. The number of hydrogen-bond donors (Lipinski definition) is 1. The van der Waals surface area contributed by atoms with Crippen LogP contribution in [0.1, 0.15) is 57.7 Å². The molecule has 1 fully saturated rings. The zero-order valence-electron chi connectivity index (χ0n) is 13.3. The molecule has 1 unspecified atom stereocenters. The van der Waals surface area contributed by atoms with Gasteiger partial charge in [-0.05, 0) is 56.8 Å². The summed E-state index contributed by atoms with van der Waals surface area (Å²) < 4.78 is 0. The van der Waals surface area contributed by atoms with Gasteiger partial charge < -0.3 is 10.2 Å². The van der Waals surface area contributed by atoms with E-state index in [2.05, 4.69) is 43.1 Å². The van der Waals surface area contributed by atoms with Gasteiger partial charge in [-0.2, -0.15) is 0 Å². The van der Waals surface area contributed by atoms with Crippen molar-refractivity contribution >= 4 is 5.82 Å². The lowest BCUT2D eigenvalue weighted by atomic mass is 10.1. The van der Waals surface area contributed by atoms with Crippen molar-refractivity contribution in [3.8, 4) is 0 Å². The quantitative estimate of drug-likeness (QED) is 0.772. The Balaban J connectivity index is 2.16. The summed E-state index contributed by atoms with van der Waals surface area (Å²) >= 11 is 0. The van der Waals surface area contributed by atoms with E-state index in [9.17, 15) is 0 Å². The molecular formula is C17H29N3. The molecule has 1 atom stereocenters. The van der Waals surface area contributed by atoms with Crippen LogP contribution in [0.25, 0.3) is 0 Å². The molecule has 1 aliphatic rings. The van der Waals surface area contributed by atoms with E-state index in [0.29, 0.717) is 6.04 Å². The number of anilines is 1. The van der Waals surface area contributed by atoms with E-state index in [4.69, 9.17) is 4.98 Å². The van der Waals surface area contributed by atoms with Crippen molar-refractivity contribution in [2.24, 2.45) is 0 Å². The van der Waals surface area contributed by atoms with E-state index in [-0.39, 0.29) is 0 Å². The summed E-state index contributed by atoms with van der Waals surface area (Å²) in [6, 6.07) is 5.19. The lowest BCUT2D eigenvalue weighted by Gasteiger charge is -2.24. The monoisotopic (exact) mass is 275 g/mol. The van der Waals surface area contributed by atoms with E-state index in [0.717, 1.165) is 32.5 Å². The molecule has 0 bridgehead atoms. The maximum atomic E-state index is 4.88. The van der Waals surface area contributed by atoms with Gasteiger partial charge in [0.2, 0.25) is 0 Å². The van der Waals surface area contributed by atoms with Gasteiger partial charge >= 0.3 is 0 Å². The Bertz CT molecular complexity index is 417. The molecule has 0 spiro atoms. The van der Waals surface area contributed by atoms with E-state index in [1.807, 2.05) is 0 Å². The fourth-order valence-corrected chi connectivity index (χ4v) is 2.95. The molecule has 0 radical (unpaired) electrons. The molecule has 3 heteroatoms. The largest absolute Gasteiger partial charge is 0.354 e.